The van der Waals surface area contributed by atoms with Gasteiger partial charge < -0.3 is 14.4 Å². The molecule has 1 fully saturated rings. The molecule has 0 spiro atoms. The first-order chi connectivity index (χ1) is 20.4. The van der Waals surface area contributed by atoms with Gasteiger partial charge in [0.2, 0.25) is 0 Å². The Balaban J connectivity index is 1.45. The molecule has 1 aliphatic rings. The number of carbonyl (C=O) groups is 1. The third-order valence-corrected chi connectivity index (χ3v) is 8.43. The van der Waals surface area contributed by atoms with Crippen molar-refractivity contribution in [2.75, 3.05) is 32.7 Å². The molecule has 0 bridgehead atoms. The van der Waals surface area contributed by atoms with E-state index in [0.29, 0.717) is 11.8 Å². The van der Waals surface area contributed by atoms with E-state index in [1.165, 1.54) is 32.4 Å². The molecule has 2 aromatic carbocycles. The Morgan fingerprint density at radius 3 is 2.26 bits per heavy atom. The number of nitrogens with zero attached hydrogens (tertiary/aromatic N) is 6. The van der Waals surface area contributed by atoms with Crippen LogP contribution in [0.3, 0.4) is 0 Å². The molecule has 1 aliphatic heterocycles. The van der Waals surface area contributed by atoms with E-state index in [9.17, 15) is 4.79 Å². The highest BCUT2D eigenvalue weighted by Gasteiger charge is 2.20. The Labute approximate surface area is 251 Å². The fourth-order valence-electron chi connectivity index (χ4n) is 5.85. The number of piperidine rings is 1. The fourth-order valence-corrected chi connectivity index (χ4v) is 5.85. The summed E-state index contributed by atoms with van der Waals surface area (Å²) in [6.07, 6.45) is 10.8. The maximum atomic E-state index is 13.9. The monoisotopic (exact) mass is 568 g/mol. The van der Waals surface area contributed by atoms with Crippen LogP contribution in [0.5, 0.6) is 0 Å². The van der Waals surface area contributed by atoms with Gasteiger partial charge in [-0.15, -0.1) is 0 Å². The summed E-state index contributed by atoms with van der Waals surface area (Å²) in [7, 11) is 0. The third kappa shape index (κ3) is 7.49. The molecule has 5 rings (SSSR count). The van der Waals surface area contributed by atoms with Crippen LogP contribution >= 0.6 is 0 Å². The topological polar surface area (TPSA) is 59.2 Å². The molecule has 42 heavy (non-hydrogen) atoms. The molecule has 0 aliphatic carbocycles. The van der Waals surface area contributed by atoms with E-state index in [1.807, 2.05) is 29.1 Å². The predicted octanol–water partition coefficient (Wildman–Crippen LogP) is 7.30. The first-order valence-electron chi connectivity index (χ1n) is 16.0. The highest BCUT2D eigenvalue weighted by atomic mass is 16.2. The van der Waals surface area contributed by atoms with Gasteiger partial charge in [0.25, 0.3) is 5.91 Å². The van der Waals surface area contributed by atoms with Crippen LogP contribution in [0.2, 0.25) is 0 Å². The molecule has 7 nitrogen and oxygen atoms in total. The fraction of sp³-hybridized carbons (Fsp3) is 0.514. The molecule has 0 N–H and O–H groups in total. The number of rotatable bonds is 13. The molecule has 1 amide bonds. The van der Waals surface area contributed by atoms with Crippen LogP contribution in [-0.2, 0) is 6.54 Å². The van der Waals surface area contributed by atoms with Gasteiger partial charge in [0, 0.05) is 43.2 Å². The zero-order valence-electron chi connectivity index (χ0n) is 26.0. The average Bonchev–Trinajstić information content (AvgIpc) is 3.66. The van der Waals surface area contributed by atoms with Crippen molar-refractivity contribution in [1.29, 1.82) is 0 Å². The number of hydrogen-bond donors (Lipinski definition) is 0. The smallest absolute Gasteiger partial charge is 0.253 e. The van der Waals surface area contributed by atoms with E-state index in [2.05, 4.69) is 77.5 Å². The molecule has 0 atom stereocenters. The summed E-state index contributed by atoms with van der Waals surface area (Å²) >= 11 is 0. The normalized spacial score (nSPS) is 14.3. The lowest BCUT2D eigenvalue weighted by Gasteiger charge is -2.26. The molecule has 1 saturated heterocycles. The third-order valence-electron chi connectivity index (χ3n) is 8.43. The number of imidazole rings is 1. The van der Waals surface area contributed by atoms with E-state index >= 15 is 0 Å². The lowest BCUT2D eigenvalue weighted by molar-refractivity contribution is 0.0741. The summed E-state index contributed by atoms with van der Waals surface area (Å²) < 4.78 is 4.21. The van der Waals surface area contributed by atoms with Crippen LogP contribution in [0.15, 0.2) is 60.9 Å². The first-order valence-corrected chi connectivity index (χ1v) is 16.0. The molecule has 0 radical (unpaired) electrons. The van der Waals surface area contributed by atoms with Gasteiger partial charge in [-0.3, -0.25) is 4.79 Å². The van der Waals surface area contributed by atoms with Gasteiger partial charge in [-0.05, 0) is 112 Å². The first kappa shape index (κ1) is 30.0. The molecule has 3 heterocycles. The van der Waals surface area contributed by atoms with Crippen molar-refractivity contribution in [2.45, 2.75) is 72.8 Å². The van der Waals surface area contributed by atoms with Crippen molar-refractivity contribution in [1.82, 2.24) is 29.1 Å². The summed E-state index contributed by atoms with van der Waals surface area (Å²) in [6, 6.07) is 16.5. The molecule has 0 unspecified atom stereocenters. The second-order valence-electron chi connectivity index (χ2n) is 12.7. The Morgan fingerprint density at radius 1 is 0.905 bits per heavy atom. The van der Waals surface area contributed by atoms with Gasteiger partial charge in [-0.25, -0.2) is 9.67 Å². The van der Waals surface area contributed by atoms with Crippen molar-refractivity contribution in [3.05, 3.63) is 66.5 Å². The number of amides is 1. The molecule has 0 saturated carbocycles. The number of aryl methyl sites for hydroxylation is 1. The highest BCUT2D eigenvalue weighted by Crippen LogP contribution is 2.28. The van der Waals surface area contributed by atoms with E-state index in [0.717, 1.165) is 79.1 Å². The minimum absolute atomic E-state index is 0.129. The zero-order chi connectivity index (χ0) is 29.5. The summed E-state index contributed by atoms with van der Waals surface area (Å²) in [5.41, 5.74) is 4.83. The molecule has 7 heteroatoms. The second-order valence-corrected chi connectivity index (χ2v) is 12.7. The van der Waals surface area contributed by atoms with Crippen molar-refractivity contribution in [3.8, 4) is 17.1 Å². The maximum Gasteiger partial charge on any atom is 0.253 e. The van der Waals surface area contributed by atoms with Crippen LogP contribution in [0.25, 0.3) is 28.1 Å². The molecule has 4 aromatic rings. The number of benzene rings is 2. The Hall–Kier alpha value is -3.45. The van der Waals surface area contributed by atoms with Crippen LogP contribution in [0.4, 0.5) is 0 Å². The Bertz CT molecular complexity index is 1400. The number of carbonyl (C=O) groups excluding carboxylic acids is 1. The van der Waals surface area contributed by atoms with Crippen LogP contribution in [-0.4, -0.2) is 67.8 Å². The van der Waals surface area contributed by atoms with Crippen LogP contribution in [0.1, 0.15) is 76.6 Å². The molecule has 224 valence electrons. The standard InChI is InChI=1S/C35H48N6O/c1-27(2)16-24-39(25-17-28(3)4)35(42)30-12-15-32-33(26-30)40(22-9-21-38-19-6-5-7-20-38)34(37-32)29-10-13-31(14-11-29)41-23-8-18-36-41/h8,10-15,18,23,26-28H,5-7,9,16-17,19-22,24-25H2,1-4H3. The van der Waals surface area contributed by atoms with Crippen LogP contribution < -0.4 is 0 Å². The molecular formula is C35H48N6O. The van der Waals surface area contributed by atoms with Gasteiger partial charge in [0.1, 0.15) is 5.82 Å². The minimum atomic E-state index is 0.129. The van der Waals surface area contributed by atoms with Gasteiger partial charge in [0.15, 0.2) is 0 Å². The number of likely N-dealkylation sites (tertiary alicyclic amines) is 1. The minimum Gasteiger partial charge on any atom is -0.339 e. The zero-order valence-corrected chi connectivity index (χ0v) is 26.0. The maximum absolute atomic E-state index is 13.9. The lowest BCUT2D eigenvalue weighted by atomic mass is 10.1. The van der Waals surface area contributed by atoms with Gasteiger partial charge in [0.05, 0.1) is 16.7 Å². The SMILES string of the molecule is CC(C)CCN(CCC(C)C)C(=O)c1ccc2nc(-c3ccc(-n4cccn4)cc3)n(CCCN3CCCCC3)c2c1. The second kappa shape index (κ2) is 14.1. The lowest BCUT2D eigenvalue weighted by Crippen LogP contribution is -2.34. The van der Waals surface area contributed by atoms with E-state index < -0.39 is 0 Å². The molecular weight excluding hydrogens is 520 g/mol. The average molecular weight is 569 g/mol. The number of fused-ring (bicyclic) bond motifs is 1. The van der Waals surface area contributed by atoms with Crippen molar-refractivity contribution in [2.24, 2.45) is 11.8 Å². The molecule has 2 aromatic heterocycles. The summed E-state index contributed by atoms with van der Waals surface area (Å²) in [5, 5.41) is 4.37. The summed E-state index contributed by atoms with van der Waals surface area (Å²) in [4.78, 5) is 23.6. The Morgan fingerprint density at radius 2 is 1.62 bits per heavy atom. The number of aromatic nitrogens is 4. The van der Waals surface area contributed by atoms with Gasteiger partial charge in [-0.1, -0.05) is 34.1 Å². The van der Waals surface area contributed by atoms with Crippen molar-refractivity contribution >= 4 is 16.9 Å². The quantitative estimate of drug-likeness (QED) is 0.170. The van der Waals surface area contributed by atoms with Crippen LogP contribution in [0, 0.1) is 11.8 Å². The van der Waals surface area contributed by atoms with Gasteiger partial charge in [-0.2, -0.15) is 5.10 Å². The van der Waals surface area contributed by atoms with Crippen molar-refractivity contribution in [3.63, 3.8) is 0 Å². The largest absolute Gasteiger partial charge is 0.339 e. The predicted molar refractivity (Wildman–Crippen MR) is 172 cm³/mol. The highest BCUT2D eigenvalue weighted by molar-refractivity contribution is 5.98. The summed E-state index contributed by atoms with van der Waals surface area (Å²) in [5.74, 6) is 2.21. The van der Waals surface area contributed by atoms with Crippen molar-refractivity contribution < 1.29 is 4.79 Å². The van der Waals surface area contributed by atoms with Gasteiger partial charge >= 0.3 is 0 Å². The van der Waals surface area contributed by atoms with E-state index in [1.54, 1.807) is 6.20 Å². The summed E-state index contributed by atoms with van der Waals surface area (Å²) in [6.45, 7) is 14.9. The number of hydrogen-bond acceptors (Lipinski definition) is 4. The van der Waals surface area contributed by atoms with E-state index in [-0.39, 0.29) is 5.91 Å². The Kier molecular flexibility index (Phi) is 10.1. The van der Waals surface area contributed by atoms with E-state index in [4.69, 9.17) is 4.98 Å².